The molecule has 0 aromatic carbocycles. The van der Waals surface area contributed by atoms with Gasteiger partial charge in [-0.05, 0) is 23.6 Å². The predicted octanol–water partition coefficient (Wildman–Crippen LogP) is 3.54. The van der Waals surface area contributed by atoms with E-state index in [0.29, 0.717) is 31.9 Å². The summed E-state index contributed by atoms with van der Waals surface area (Å²) in [5.41, 5.74) is 2.42. The normalized spacial score (nSPS) is 13.1. The molecule has 0 aliphatic carbocycles. The van der Waals surface area contributed by atoms with Crippen LogP contribution < -0.4 is 4.74 Å². The van der Waals surface area contributed by atoms with E-state index in [1.54, 1.807) is 12.4 Å². The van der Waals surface area contributed by atoms with Gasteiger partial charge in [0.2, 0.25) is 0 Å². The Morgan fingerprint density at radius 3 is 2.71 bits per heavy atom. The zero-order valence-electron chi connectivity index (χ0n) is 15.8. The minimum Gasteiger partial charge on any atom is -0.486 e. The quantitative estimate of drug-likeness (QED) is 0.641. The van der Waals surface area contributed by atoms with Crippen molar-refractivity contribution in [3.05, 3.63) is 63.9 Å². The first-order valence-electron chi connectivity index (χ1n) is 8.86. The highest BCUT2D eigenvalue weighted by Gasteiger charge is 2.38. The van der Waals surface area contributed by atoms with Crippen LogP contribution in [0.1, 0.15) is 27.4 Å². The smallest absolute Gasteiger partial charge is 0.486 e. The van der Waals surface area contributed by atoms with Gasteiger partial charge in [-0.1, -0.05) is 5.16 Å². The maximum atomic E-state index is 12.5. The second-order valence-corrected chi connectivity index (χ2v) is 7.08. The van der Waals surface area contributed by atoms with Crippen LogP contribution in [0.2, 0.25) is 0 Å². The van der Waals surface area contributed by atoms with Gasteiger partial charge < -0.3 is 19.3 Å². The maximum Gasteiger partial charge on any atom is 0.490 e. The van der Waals surface area contributed by atoms with Crippen LogP contribution in [0.3, 0.4) is 0 Å². The Balaban J connectivity index is 0.000000339. The van der Waals surface area contributed by atoms with Crippen LogP contribution in [0.5, 0.6) is 5.75 Å². The fourth-order valence-electron chi connectivity index (χ4n) is 2.70. The number of halogens is 3. The highest BCUT2D eigenvalue weighted by molar-refractivity contribution is 7.08. The van der Waals surface area contributed by atoms with E-state index in [1.807, 2.05) is 33.9 Å². The molecule has 0 bridgehead atoms. The molecule has 0 atom stereocenters. The topological polar surface area (TPSA) is 106 Å². The second-order valence-electron chi connectivity index (χ2n) is 6.30. The number of hydrogen-bond donors (Lipinski definition) is 1. The zero-order chi connectivity index (χ0) is 22.4. The molecule has 0 radical (unpaired) electrons. The summed E-state index contributed by atoms with van der Waals surface area (Å²) in [4.78, 5) is 27.3. The number of rotatable bonds is 4. The molecule has 0 saturated carbocycles. The Kier molecular flexibility index (Phi) is 6.90. The summed E-state index contributed by atoms with van der Waals surface area (Å²) in [6, 6.07) is 5.50. The average Bonchev–Trinajstić information content (AvgIpc) is 3.42. The number of fused-ring (bicyclic) bond motifs is 1. The molecule has 3 aromatic rings. The molecule has 0 spiro atoms. The van der Waals surface area contributed by atoms with E-state index >= 15 is 0 Å². The molecule has 31 heavy (non-hydrogen) atoms. The number of aliphatic carboxylic acids is 1. The van der Waals surface area contributed by atoms with Gasteiger partial charge in [0, 0.05) is 30.1 Å². The third-order valence-electron chi connectivity index (χ3n) is 4.22. The summed E-state index contributed by atoms with van der Waals surface area (Å²) >= 11 is 1.52. The standard InChI is InChI=1S/C17H15N3O3S.C2HF3O2/c21-17(12-4-7-24-11-12)20-6-3-16-14(9-20)15(19-23-16)10-22-13-2-1-5-18-8-13;3-2(4,5)1(6)7/h1-2,4-5,7-8,11H,3,6,9-10H2;(H,6,7). The lowest BCUT2D eigenvalue weighted by atomic mass is 10.1. The summed E-state index contributed by atoms with van der Waals surface area (Å²) in [7, 11) is 0. The minimum atomic E-state index is -5.08. The van der Waals surface area contributed by atoms with Gasteiger partial charge in [-0.25, -0.2) is 4.79 Å². The number of amides is 1. The van der Waals surface area contributed by atoms with Crippen molar-refractivity contribution in [1.29, 1.82) is 0 Å². The Hall–Kier alpha value is -3.41. The molecule has 0 fully saturated rings. The van der Waals surface area contributed by atoms with Crippen molar-refractivity contribution < 1.29 is 37.1 Å². The fourth-order valence-corrected chi connectivity index (χ4v) is 3.33. The van der Waals surface area contributed by atoms with Crippen molar-refractivity contribution in [3.8, 4) is 5.75 Å². The van der Waals surface area contributed by atoms with Gasteiger partial charge in [0.15, 0.2) is 0 Å². The van der Waals surface area contributed by atoms with Gasteiger partial charge in [0.25, 0.3) is 5.91 Å². The van der Waals surface area contributed by atoms with Crippen LogP contribution in [0.15, 0.2) is 45.9 Å². The van der Waals surface area contributed by atoms with Gasteiger partial charge in [-0.15, -0.1) is 0 Å². The fraction of sp³-hybridized carbons (Fsp3) is 0.263. The molecule has 12 heteroatoms. The molecule has 4 rings (SSSR count). The summed E-state index contributed by atoms with van der Waals surface area (Å²) in [6.45, 7) is 1.43. The van der Waals surface area contributed by atoms with Crippen LogP contribution in [-0.4, -0.2) is 44.7 Å². The number of thiophene rings is 1. The Morgan fingerprint density at radius 1 is 1.32 bits per heavy atom. The molecule has 1 N–H and O–H groups in total. The number of hydrogen-bond acceptors (Lipinski definition) is 7. The van der Waals surface area contributed by atoms with E-state index < -0.39 is 12.1 Å². The van der Waals surface area contributed by atoms with E-state index in [-0.39, 0.29) is 5.91 Å². The Morgan fingerprint density at radius 2 is 2.10 bits per heavy atom. The van der Waals surface area contributed by atoms with Crippen LogP contribution in [0, 0.1) is 0 Å². The van der Waals surface area contributed by atoms with Gasteiger partial charge in [-0.3, -0.25) is 9.78 Å². The van der Waals surface area contributed by atoms with Crippen LogP contribution in [0.4, 0.5) is 13.2 Å². The van der Waals surface area contributed by atoms with E-state index in [4.69, 9.17) is 19.2 Å². The highest BCUT2D eigenvalue weighted by atomic mass is 32.1. The van der Waals surface area contributed by atoms with Crippen LogP contribution in [0.25, 0.3) is 0 Å². The van der Waals surface area contributed by atoms with Gasteiger partial charge in [0.1, 0.15) is 23.8 Å². The highest BCUT2D eigenvalue weighted by Crippen LogP contribution is 2.25. The summed E-state index contributed by atoms with van der Waals surface area (Å²) in [6.07, 6.45) is -1.07. The first-order valence-corrected chi connectivity index (χ1v) is 9.80. The number of carbonyl (C=O) groups excluding carboxylic acids is 1. The van der Waals surface area contributed by atoms with Crippen molar-refractivity contribution >= 4 is 23.2 Å². The van der Waals surface area contributed by atoms with E-state index in [0.717, 1.165) is 22.6 Å². The van der Waals surface area contributed by atoms with Crippen molar-refractivity contribution in [3.63, 3.8) is 0 Å². The molecule has 3 aromatic heterocycles. The predicted molar refractivity (Wildman–Crippen MR) is 102 cm³/mol. The lowest BCUT2D eigenvalue weighted by Crippen LogP contribution is -2.35. The third-order valence-corrected chi connectivity index (χ3v) is 4.90. The molecule has 164 valence electrons. The molecule has 0 saturated heterocycles. The maximum absolute atomic E-state index is 12.5. The number of aromatic nitrogens is 2. The minimum absolute atomic E-state index is 0.0437. The molecular formula is C19H16F3N3O5S. The number of carboxylic acids is 1. The number of pyridine rings is 1. The SMILES string of the molecule is O=C(O)C(F)(F)F.O=C(c1ccsc1)N1CCc2onc(COc3cccnc3)c2C1. The number of nitrogens with zero attached hydrogens (tertiary/aromatic N) is 3. The van der Waals surface area contributed by atoms with Gasteiger partial charge >= 0.3 is 12.1 Å². The molecule has 4 heterocycles. The van der Waals surface area contributed by atoms with E-state index in [1.165, 1.54) is 11.3 Å². The number of carboxylic acid groups (broad SMARTS) is 1. The van der Waals surface area contributed by atoms with E-state index in [9.17, 15) is 18.0 Å². The average molecular weight is 455 g/mol. The van der Waals surface area contributed by atoms with Gasteiger partial charge in [0.05, 0.1) is 18.3 Å². The van der Waals surface area contributed by atoms with Crippen molar-refractivity contribution in [2.45, 2.75) is 25.7 Å². The Bertz CT molecular complexity index is 1020. The van der Waals surface area contributed by atoms with Crippen molar-refractivity contribution in [2.75, 3.05) is 6.54 Å². The number of alkyl halides is 3. The van der Waals surface area contributed by atoms with Crippen molar-refractivity contribution in [2.24, 2.45) is 0 Å². The number of ether oxygens (including phenoxy) is 1. The van der Waals surface area contributed by atoms with Crippen LogP contribution in [-0.2, 0) is 24.4 Å². The monoisotopic (exact) mass is 455 g/mol. The molecule has 0 unspecified atom stereocenters. The lowest BCUT2D eigenvalue weighted by molar-refractivity contribution is -0.192. The van der Waals surface area contributed by atoms with Gasteiger partial charge in [-0.2, -0.15) is 24.5 Å². The molecule has 1 aliphatic rings. The molecule has 1 amide bonds. The van der Waals surface area contributed by atoms with Crippen molar-refractivity contribution in [1.82, 2.24) is 15.0 Å². The summed E-state index contributed by atoms with van der Waals surface area (Å²) < 4.78 is 42.8. The largest absolute Gasteiger partial charge is 0.490 e. The summed E-state index contributed by atoms with van der Waals surface area (Å²) in [5, 5.41) is 15.0. The van der Waals surface area contributed by atoms with E-state index in [2.05, 4.69) is 10.1 Å². The third kappa shape index (κ3) is 5.81. The Labute approximate surface area is 177 Å². The zero-order valence-corrected chi connectivity index (χ0v) is 16.7. The second kappa shape index (κ2) is 9.60. The van der Waals surface area contributed by atoms with Crippen LogP contribution >= 0.6 is 11.3 Å². The molecule has 1 aliphatic heterocycles. The number of carbonyl (C=O) groups is 2. The molecular weight excluding hydrogens is 439 g/mol. The summed E-state index contributed by atoms with van der Waals surface area (Å²) in [5.74, 6) is -1.19. The molecule has 8 nitrogen and oxygen atoms in total. The lowest BCUT2D eigenvalue weighted by Gasteiger charge is -2.26. The first-order chi connectivity index (χ1) is 14.8. The first kappa shape index (κ1) is 22.3.